The van der Waals surface area contributed by atoms with E-state index in [1.807, 2.05) is 6.07 Å². The fraction of sp³-hybridized carbons (Fsp3) is 0.385. The number of aromatic nitrogens is 3. The highest BCUT2D eigenvalue weighted by Gasteiger charge is 2.26. The lowest BCUT2D eigenvalue weighted by Crippen LogP contribution is -2.28. The van der Waals surface area contributed by atoms with Crippen LogP contribution in [0, 0.1) is 6.92 Å². The van der Waals surface area contributed by atoms with Crippen molar-refractivity contribution in [1.82, 2.24) is 25.2 Å². The molecule has 8 heteroatoms. The molecule has 0 spiro atoms. The summed E-state index contributed by atoms with van der Waals surface area (Å²) in [4.78, 5) is 4.20. The summed E-state index contributed by atoms with van der Waals surface area (Å²) in [5, 5.41) is 9.66. The van der Waals surface area contributed by atoms with Crippen molar-refractivity contribution < 1.29 is 8.42 Å². The van der Waals surface area contributed by atoms with Crippen LogP contribution in [0.2, 0.25) is 0 Å². The second kappa shape index (κ2) is 6.33. The molecule has 1 atom stereocenters. The SMILES string of the molecule is CNCc1n[nH]c(C)c1S(=O)(=O)NC(C)c1cccnc1. The molecule has 0 radical (unpaired) electrons. The number of nitrogens with zero attached hydrogens (tertiary/aromatic N) is 2. The normalized spacial score (nSPS) is 13.3. The van der Waals surface area contributed by atoms with Gasteiger partial charge in [0.2, 0.25) is 10.0 Å². The summed E-state index contributed by atoms with van der Waals surface area (Å²) in [6.07, 6.45) is 3.29. The van der Waals surface area contributed by atoms with Crippen molar-refractivity contribution in [3.05, 3.63) is 41.5 Å². The summed E-state index contributed by atoms with van der Waals surface area (Å²) in [6.45, 7) is 3.85. The van der Waals surface area contributed by atoms with Gasteiger partial charge in [-0.25, -0.2) is 13.1 Å². The topological polar surface area (TPSA) is 99.8 Å². The number of pyridine rings is 1. The summed E-state index contributed by atoms with van der Waals surface area (Å²) in [7, 11) is -1.92. The zero-order valence-corrected chi connectivity index (χ0v) is 13.0. The molecule has 0 saturated carbocycles. The minimum absolute atomic E-state index is 0.201. The van der Waals surface area contributed by atoms with Crippen molar-refractivity contribution in [1.29, 1.82) is 0 Å². The van der Waals surface area contributed by atoms with Crippen LogP contribution in [0.3, 0.4) is 0 Å². The molecule has 2 aromatic heterocycles. The average molecular weight is 309 g/mol. The van der Waals surface area contributed by atoms with Gasteiger partial charge < -0.3 is 5.32 Å². The van der Waals surface area contributed by atoms with E-state index in [1.54, 1.807) is 39.4 Å². The van der Waals surface area contributed by atoms with Crippen LogP contribution in [-0.4, -0.2) is 30.6 Å². The van der Waals surface area contributed by atoms with Crippen LogP contribution < -0.4 is 10.0 Å². The fourth-order valence-corrected chi connectivity index (χ4v) is 3.70. The lowest BCUT2D eigenvalue weighted by Gasteiger charge is -2.14. The highest BCUT2D eigenvalue weighted by molar-refractivity contribution is 7.89. The molecule has 114 valence electrons. The van der Waals surface area contributed by atoms with E-state index in [0.29, 0.717) is 17.9 Å². The molecule has 21 heavy (non-hydrogen) atoms. The van der Waals surface area contributed by atoms with E-state index < -0.39 is 10.0 Å². The number of hydrogen-bond acceptors (Lipinski definition) is 5. The van der Waals surface area contributed by atoms with Gasteiger partial charge in [0.15, 0.2) is 0 Å². The quantitative estimate of drug-likeness (QED) is 0.735. The van der Waals surface area contributed by atoms with Gasteiger partial charge in [0.25, 0.3) is 0 Å². The number of H-pyrrole nitrogens is 1. The van der Waals surface area contributed by atoms with Gasteiger partial charge in [0.05, 0.1) is 11.4 Å². The summed E-state index contributed by atoms with van der Waals surface area (Å²) in [5.74, 6) is 0. The van der Waals surface area contributed by atoms with Gasteiger partial charge in [-0.15, -0.1) is 0 Å². The molecule has 2 heterocycles. The molecule has 0 aliphatic carbocycles. The Morgan fingerprint density at radius 1 is 1.43 bits per heavy atom. The Hall–Kier alpha value is -1.77. The second-order valence-electron chi connectivity index (χ2n) is 4.78. The third-order valence-corrected chi connectivity index (χ3v) is 4.83. The minimum atomic E-state index is -3.66. The molecule has 0 bridgehead atoms. The first-order valence-corrected chi connectivity index (χ1v) is 8.04. The third kappa shape index (κ3) is 3.46. The van der Waals surface area contributed by atoms with E-state index in [1.165, 1.54) is 0 Å². The summed E-state index contributed by atoms with van der Waals surface area (Å²) in [5.41, 5.74) is 1.80. The molecule has 0 saturated heterocycles. The maximum absolute atomic E-state index is 12.6. The van der Waals surface area contributed by atoms with Gasteiger partial charge in [-0.05, 0) is 32.5 Å². The molecule has 2 aromatic rings. The van der Waals surface area contributed by atoms with Crippen molar-refractivity contribution >= 4 is 10.0 Å². The molecule has 0 aliphatic rings. The predicted molar refractivity (Wildman–Crippen MR) is 79.1 cm³/mol. The van der Waals surface area contributed by atoms with E-state index in [0.717, 1.165) is 5.56 Å². The minimum Gasteiger partial charge on any atom is -0.314 e. The molecular formula is C13H19N5O2S. The largest absolute Gasteiger partial charge is 0.314 e. The molecule has 0 aliphatic heterocycles. The molecule has 2 rings (SSSR count). The van der Waals surface area contributed by atoms with Crippen LogP contribution in [0.15, 0.2) is 29.4 Å². The lowest BCUT2D eigenvalue weighted by molar-refractivity contribution is 0.564. The first-order chi connectivity index (χ1) is 9.95. The molecular weight excluding hydrogens is 290 g/mol. The number of hydrogen-bond donors (Lipinski definition) is 3. The Bertz CT molecular complexity index is 697. The Morgan fingerprint density at radius 2 is 2.19 bits per heavy atom. The Balaban J connectivity index is 2.29. The molecule has 0 aromatic carbocycles. The summed E-state index contributed by atoms with van der Waals surface area (Å²) in [6, 6.07) is 3.23. The van der Waals surface area contributed by atoms with Crippen molar-refractivity contribution in [3.8, 4) is 0 Å². The molecule has 3 N–H and O–H groups in total. The zero-order valence-electron chi connectivity index (χ0n) is 12.2. The van der Waals surface area contributed by atoms with Gasteiger partial charge in [0, 0.05) is 25.0 Å². The average Bonchev–Trinajstić information content (AvgIpc) is 2.81. The van der Waals surface area contributed by atoms with Crippen LogP contribution in [0.1, 0.15) is 29.9 Å². The smallest absolute Gasteiger partial charge is 0.244 e. The number of aryl methyl sites for hydroxylation is 1. The standard InChI is InChI=1S/C13H19N5O2S/c1-9(11-5-4-6-15-7-11)18-21(19,20)13-10(2)16-17-12(13)8-14-3/h4-7,9,14,18H,8H2,1-3H3,(H,16,17). The zero-order chi connectivity index (χ0) is 15.5. The molecule has 1 unspecified atom stereocenters. The van der Waals surface area contributed by atoms with Gasteiger partial charge in [-0.2, -0.15) is 5.10 Å². The van der Waals surface area contributed by atoms with E-state index >= 15 is 0 Å². The fourth-order valence-electron chi connectivity index (χ4n) is 2.11. The Kier molecular flexibility index (Phi) is 4.71. The first-order valence-electron chi connectivity index (χ1n) is 6.56. The monoisotopic (exact) mass is 309 g/mol. The van der Waals surface area contributed by atoms with Crippen LogP contribution >= 0.6 is 0 Å². The van der Waals surface area contributed by atoms with E-state index in [2.05, 4.69) is 25.2 Å². The van der Waals surface area contributed by atoms with Crippen LogP contribution in [0.5, 0.6) is 0 Å². The number of aromatic amines is 1. The molecule has 7 nitrogen and oxygen atoms in total. The van der Waals surface area contributed by atoms with Crippen molar-refractivity contribution in [2.24, 2.45) is 0 Å². The highest BCUT2D eigenvalue weighted by atomic mass is 32.2. The van der Waals surface area contributed by atoms with Crippen molar-refractivity contribution in [2.75, 3.05) is 7.05 Å². The van der Waals surface area contributed by atoms with Gasteiger partial charge in [0.1, 0.15) is 4.90 Å². The third-order valence-electron chi connectivity index (χ3n) is 3.09. The lowest BCUT2D eigenvalue weighted by atomic mass is 10.2. The van der Waals surface area contributed by atoms with E-state index in [4.69, 9.17) is 0 Å². The highest BCUT2D eigenvalue weighted by Crippen LogP contribution is 2.20. The molecule has 0 amide bonds. The maximum atomic E-state index is 12.6. The van der Waals surface area contributed by atoms with Crippen molar-refractivity contribution in [2.45, 2.75) is 31.3 Å². The van der Waals surface area contributed by atoms with E-state index in [-0.39, 0.29) is 10.9 Å². The maximum Gasteiger partial charge on any atom is 0.244 e. The first kappa shape index (κ1) is 15.6. The van der Waals surface area contributed by atoms with E-state index in [9.17, 15) is 8.42 Å². The van der Waals surface area contributed by atoms with Gasteiger partial charge in [-0.3, -0.25) is 10.1 Å². The second-order valence-corrected chi connectivity index (χ2v) is 6.43. The Labute approximate surface area is 124 Å². The molecule has 0 fully saturated rings. The Morgan fingerprint density at radius 3 is 2.81 bits per heavy atom. The number of nitrogens with one attached hydrogen (secondary N) is 3. The summed E-state index contributed by atoms with van der Waals surface area (Å²) < 4.78 is 27.8. The summed E-state index contributed by atoms with van der Waals surface area (Å²) >= 11 is 0. The van der Waals surface area contributed by atoms with Crippen molar-refractivity contribution in [3.63, 3.8) is 0 Å². The van der Waals surface area contributed by atoms with Crippen LogP contribution in [0.25, 0.3) is 0 Å². The van der Waals surface area contributed by atoms with Crippen LogP contribution in [-0.2, 0) is 16.6 Å². The van der Waals surface area contributed by atoms with Gasteiger partial charge in [-0.1, -0.05) is 6.07 Å². The van der Waals surface area contributed by atoms with Crippen LogP contribution in [0.4, 0.5) is 0 Å². The predicted octanol–water partition coefficient (Wildman–Crippen LogP) is 0.872. The number of sulfonamides is 1. The number of rotatable bonds is 6. The van der Waals surface area contributed by atoms with Gasteiger partial charge >= 0.3 is 0 Å².